The van der Waals surface area contributed by atoms with Crippen LogP contribution in [0, 0.1) is 0 Å². The van der Waals surface area contributed by atoms with Crippen molar-refractivity contribution >= 4 is 35.4 Å². The number of hydrogen-bond acceptors (Lipinski definition) is 9. The van der Waals surface area contributed by atoms with E-state index in [1.165, 1.54) is 30.5 Å². The lowest BCUT2D eigenvalue weighted by molar-refractivity contribution is -0.143. The van der Waals surface area contributed by atoms with E-state index in [2.05, 4.69) is 10.3 Å². The first-order chi connectivity index (χ1) is 15.0. The average Bonchev–Trinajstić information content (AvgIpc) is 3.25. The molecule has 1 aromatic carbocycles. The number of benzene rings is 1. The minimum absolute atomic E-state index is 0.00886. The first-order valence-corrected chi connectivity index (χ1v) is 11.5. The zero-order chi connectivity index (χ0) is 22.4. The highest BCUT2D eigenvalue weighted by Gasteiger charge is 2.23. The molecule has 1 aromatic heterocycles. The molecule has 0 spiro atoms. The smallest absolute Gasteiger partial charge is 0.325 e. The lowest BCUT2D eigenvalue weighted by atomic mass is 10.2. The van der Waals surface area contributed by atoms with Crippen LogP contribution in [-0.4, -0.2) is 60.3 Å². The van der Waals surface area contributed by atoms with Crippen LogP contribution in [0.25, 0.3) is 5.69 Å². The van der Waals surface area contributed by atoms with Crippen molar-refractivity contribution in [3.8, 4) is 17.2 Å². The number of aryl methyl sites for hydroxylation is 1. The van der Waals surface area contributed by atoms with Crippen LogP contribution in [0.15, 0.2) is 33.0 Å². The van der Waals surface area contributed by atoms with Crippen molar-refractivity contribution < 1.29 is 23.8 Å². The van der Waals surface area contributed by atoms with E-state index in [-0.39, 0.29) is 30.4 Å². The molecule has 0 unspecified atom stereocenters. The summed E-state index contributed by atoms with van der Waals surface area (Å²) >= 11 is 2.60. The standard InChI is InChI=1S/C20H23N3O6S2/c1-4-29-17(25)10-21-16(24)11-31-20-22-13-7-8-30-18(13)19(26)23(20)12-5-6-14(27-2)15(9-12)28-3/h5-6,9H,4,7-8,10-11H2,1-3H3,(H,21,24). The van der Waals surface area contributed by atoms with Crippen LogP contribution in [0.1, 0.15) is 12.6 Å². The van der Waals surface area contributed by atoms with E-state index in [0.717, 1.165) is 23.2 Å². The minimum Gasteiger partial charge on any atom is -0.493 e. The van der Waals surface area contributed by atoms with Crippen LogP contribution in [0.2, 0.25) is 0 Å². The maximum Gasteiger partial charge on any atom is 0.325 e. The van der Waals surface area contributed by atoms with Gasteiger partial charge in [-0.3, -0.25) is 19.0 Å². The highest BCUT2D eigenvalue weighted by Crippen LogP contribution is 2.33. The Labute approximate surface area is 187 Å². The molecule has 0 bridgehead atoms. The van der Waals surface area contributed by atoms with Gasteiger partial charge in [0.1, 0.15) is 6.54 Å². The van der Waals surface area contributed by atoms with E-state index in [1.807, 2.05) is 0 Å². The molecule has 1 N–H and O–H groups in total. The summed E-state index contributed by atoms with van der Waals surface area (Å²) in [5.74, 6) is 0.929. The van der Waals surface area contributed by atoms with Crippen molar-refractivity contribution in [2.24, 2.45) is 0 Å². The fraction of sp³-hybridized carbons (Fsp3) is 0.400. The van der Waals surface area contributed by atoms with Crippen LogP contribution in [0.4, 0.5) is 0 Å². The fourth-order valence-electron chi connectivity index (χ4n) is 2.94. The summed E-state index contributed by atoms with van der Waals surface area (Å²) in [5.41, 5.74) is 1.11. The Hall–Kier alpha value is -2.66. The maximum atomic E-state index is 13.2. The topological polar surface area (TPSA) is 109 Å². The van der Waals surface area contributed by atoms with E-state index in [1.54, 1.807) is 25.1 Å². The van der Waals surface area contributed by atoms with Gasteiger partial charge in [0.2, 0.25) is 5.91 Å². The molecule has 0 saturated carbocycles. The molecule has 0 radical (unpaired) electrons. The largest absolute Gasteiger partial charge is 0.493 e. The predicted octanol–water partition coefficient (Wildman–Crippen LogP) is 1.67. The molecule has 1 aliphatic heterocycles. The first-order valence-electron chi connectivity index (χ1n) is 9.54. The number of thioether (sulfide) groups is 2. The monoisotopic (exact) mass is 465 g/mol. The van der Waals surface area contributed by atoms with Crippen molar-refractivity contribution in [3.63, 3.8) is 0 Å². The summed E-state index contributed by atoms with van der Waals surface area (Å²) in [4.78, 5) is 42.1. The molecule has 1 aliphatic rings. The number of rotatable bonds is 9. The van der Waals surface area contributed by atoms with Crippen molar-refractivity contribution in [1.82, 2.24) is 14.9 Å². The zero-order valence-electron chi connectivity index (χ0n) is 17.4. The Balaban J connectivity index is 1.89. The number of hydrogen-bond donors (Lipinski definition) is 1. The van der Waals surface area contributed by atoms with E-state index >= 15 is 0 Å². The molecule has 3 rings (SSSR count). The van der Waals surface area contributed by atoms with Gasteiger partial charge in [0.25, 0.3) is 5.56 Å². The second kappa shape index (κ2) is 10.6. The number of methoxy groups -OCH3 is 2. The van der Waals surface area contributed by atoms with E-state index in [0.29, 0.717) is 33.7 Å². The van der Waals surface area contributed by atoms with E-state index in [9.17, 15) is 14.4 Å². The van der Waals surface area contributed by atoms with Gasteiger partial charge >= 0.3 is 5.97 Å². The van der Waals surface area contributed by atoms with E-state index < -0.39 is 5.97 Å². The van der Waals surface area contributed by atoms with Gasteiger partial charge in [-0.1, -0.05) is 11.8 Å². The molecule has 0 saturated heterocycles. The van der Waals surface area contributed by atoms with Crippen LogP contribution in [-0.2, 0) is 20.7 Å². The fourth-order valence-corrected chi connectivity index (χ4v) is 4.83. The number of amides is 1. The average molecular weight is 466 g/mol. The Morgan fingerprint density at radius 2 is 2.03 bits per heavy atom. The maximum absolute atomic E-state index is 13.2. The molecule has 166 valence electrons. The summed E-state index contributed by atoms with van der Waals surface area (Å²) in [6.45, 7) is 1.74. The lowest BCUT2D eigenvalue weighted by Gasteiger charge is -2.15. The Bertz CT molecular complexity index is 1040. The summed E-state index contributed by atoms with van der Waals surface area (Å²) in [7, 11) is 3.05. The van der Waals surface area contributed by atoms with Crippen molar-refractivity contribution in [2.45, 2.75) is 23.4 Å². The number of carbonyl (C=O) groups excluding carboxylic acids is 2. The van der Waals surface area contributed by atoms with Gasteiger partial charge in [-0.25, -0.2) is 4.98 Å². The minimum atomic E-state index is -0.504. The third-order valence-electron chi connectivity index (χ3n) is 4.36. The third-order valence-corrected chi connectivity index (χ3v) is 6.41. The zero-order valence-corrected chi connectivity index (χ0v) is 19.1. The van der Waals surface area contributed by atoms with Crippen molar-refractivity contribution in [1.29, 1.82) is 0 Å². The molecule has 2 aromatic rings. The molecule has 0 aliphatic carbocycles. The highest BCUT2D eigenvalue weighted by atomic mass is 32.2. The Morgan fingerprint density at radius 1 is 1.26 bits per heavy atom. The Morgan fingerprint density at radius 3 is 2.74 bits per heavy atom. The van der Waals surface area contributed by atoms with Gasteiger partial charge in [0, 0.05) is 18.2 Å². The molecule has 31 heavy (non-hydrogen) atoms. The van der Waals surface area contributed by atoms with E-state index in [4.69, 9.17) is 14.2 Å². The normalized spacial score (nSPS) is 12.2. The first kappa shape index (κ1) is 23.0. The Kier molecular flexibility index (Phi) is 7.85. The molecule has 2 heterocycles. The lowest BCUT2D eigenvalue weighted by Crippen LogP contribution is -2.32. The van der Waals surface area contributed by atoms with Crippen molar-refractivity contribution in [2.75, 3.05) is 38.9 Å². The molecule has 9 nitrogen and oxygen atoms in total. The number of nitrogens with zero attached hydrogens (tertiary/aromatic N) is 2. The van der Waals surface area contributed by atoms with Gasteiger partial charge in [0.05, 0.1) is 42.9 Å². The van der Waals surface area contributed by atoms with Crippen LogP contribution in [0.5, 0.6) is 11.5 Å². The van der Waals surface area contributed by atoms with Crippen molar-refractivity contribution in [3.05, 3.63) is 34.2 Å². The van der Waals surface area contributed by atoms with Gasteiger partial charge in [-0.05, 0) is 19.1 Å². The summed E-state index contributed by atoms with van der Waals surface area (Å²) in [5, 5.41) is 2.90. The molecular weight excluding hydrogens is 442 g/mol. The summed E-state index contributed by atoms with van der Waals surface area (Å²) < 4.78 is 16.9. The van der Waals surface area contributed by atoms with Gasteiger partial charge in [-0.15, -0.1) is 11.8 Å². The molecule has 0 fully saturated rings. The highest BCUT2D eigenvalue weighted by molar-refractivity contribution is 8.00. The second-order valence-electron chi connectivity index (χ2n) is 6.32. The van der Waals surface area contributed by atoms with Gasteiger partial charge < -0.3 is 19.5 Å². The summed E-state index contributed by atoms with van der Waals surface area (Å²) in [6.07, 6.45) is 0.699. The third kappa shape index (κ3) is 5.34. The number of aromatic nitrogens is 2. The predicted molar refractivity (Wildman–Crippen MR) is 118 cm³/mol. The second-order valence-corrected chi connectivity index (χ2v) is 8.37. The molecule has 11 heteroatoms. The van der Waals surface area contributed by atoms with Crippen LogP contribution < -0.4 is 20.3 Å². The van der Waals surface area contributed by atoms with Gasteiger partial charge in [-0.2, -0.15) is 0 Å². The molecular formula is C20H23N3O6S2. The number of nitrogens with one attached hydrogen (secondary N) is 1. The van der Waals surface area contributed by atoms with Gasteiger partial charge in [0.15, 0.2) is 16.7 Å². The van der Waals surface area contributed by atoms with Crippen LogP contribution >= 0.6 is 23.5 Å². The quantitative estimate of drug-likeness (QED) is 0.336. The molecule has 1 amide bonds. The molecule has 0 atom stereocenters. The van der Waals surface area contributed by atoms with Crippen LogP contribution in [0.3, 0.4) is 0 Å². The number of ether oxygens (including phenoxy) is 3. The SMILES string of the molecule is CCOC(=O)CNC(=O)CSc1nc2c(c(=O)n1-c1ccc(OC)c(OC)c1)SCC2. The summed E-state index contributed by atoms with van der Waals surface area (Å²) in [6, 6.07) is 5.14. The number of fused-ring (bicyclic) bond motifs is 1. The number of carbonyl (C=O) groups is 2. The number of esters is 1.